The second-order valence-electron chi connectivity index (χ2n) is 5.16. The first-order chi connectivity index (χ1) is 9.72. The summed E-state index contributed by atoms with van der Waals surface area (Å²) < 4.78 is 5.56. The lowest BCUT2D eigenvalue weighted by atomic mass is 10.1. The Bertz CT molecular complexity index is 428. The van der Waals surface area contributed by atoms with Crippen LogP contribution in [0.25, 0.3) is 0 Å². The lowest BCUT2D eigenvalue weighted by Gasteiger charge is -2.33. The van der Waals surface area contributed by atoms with Gasteiger partial charge in [0, 0.05) is 19.6 Å². The first kappa shape index (κ1) is 18.0. The number of rotatable bonds is 5. The second kappa shape index (κ2) is 9.03. The van der Waals surface area contributed by atoms with E-state index in [0.29, 0.717) is 6.61 Å². The fourth-order valence-corrected chi connectivity index (χ4v) is 2.54. The van der Waals surface area contributed by atoms with Crippen LogP contribution in [0.5, 0.6) is 0 Å². The Morgan fingerprint density at radius 2 is 2.10 bits per heavy atom. The average Bonchev–Trinajstić information content (AvgIpc) is 2.49. The highest BCUT2D eigenvalue weighted by molar-refractivity contribution is 5.85. The average molecular weight is 313 g/mol. The molecule has 1 N–H and O–H groups in total. The minimum Gasteiger partial charge on any atom is -0.375 e. The topological polar surface area (TPSA) is 41.6 Å². The third-order valence-corrected chi connectivity index (χ3v) is 3.79. The zero-order valence-electron chi connectivity index (χ0n) is 12.7. The molecule has 21 heavy (non-hydrogen) atoms. The summed E-state index contributed by atoms with van der Waals surface area (Å²) in [6, 6.07) is 10.1. The number of carbonyl (C=O) groups excluding carboxylic acids is 1. The van der Waals surface area contributed by atoms with Crippen LogP contribution in [0.15, 0.2) is 30.3 Å². The van der Waals surface area contributed by atoms with Crippen LogP contribution in [-0.4, -0.2) is 49.2 Å². The smallest absolute Gasteiger partial charge is 0.242 e. The number of carbonyl (C=O) groups is 1. The van der Waals surface area contributed by atoms with Gasteiger partial charge < -0.3 is 15.0 Å². The number of ether oxygens (including phenoxy) is 1. The first-order valence-electron chi connectivity index (χ1n) is 7.40. The first-order valence-corrected chi connectivity index (χ1v) is 7.40. The molecule has 1 heterocycles. The molecule has 0 bridgehead atoms. The molecular weight excluding hydrogens is 288 g/mol. The fraction of sp³-hybridized carbons (Fsp3) is 0.562. The summed E-state index contributed by atoms with van der Waals surface area (Å²) in [6.45, 7) is 6.90. The molecule has 1 aromatic rings. The van der Waals surface area contributed by atoms with Crippen LogP contribution < -0.4 is 5.32 Å². The van der Waals surface area contributed by atoms with Crippen molar-refractivity contribution in [1.82, 2.24) is 10.2 Å². The number of hydrogen-bond acceptors (Lipinski definition) is 3. The van der Waals surface area contributed by atoms with Crippen LogP contribution in [-0.2, 0) is 16.0 Å². The van der Waals surface area contributed by atoms with Crippen LogP contribution in [0.2, 0.25) is 0 Å². The van der Waals surface area contributed by atoms with E-state index in [1.165, 1.54) is 5.56 Å². The fourth-order valence-electron chi connectivity index (χ4n) is 2.54. The van der Waals surface area contributed by atoms with Crippen molar-refractivity contribution in [3.8, 4) is 0 Å². The van der Waals surface area contributed by atoms with Crippen molar-refractivity contribution in [3.05, 3.63) is 35.9 Å². The number of amides is 1. The summed E-state index contributed by atoms with van der Waals surface area (Å²) in [4.78, 5) is 14.5. The van der Waals surface area contributed by atoms with E-state index in [0.717, 1.165) is 26.1 Å². The van der Waals surface area contributed by atoms with E-state index >= 15 is 0 Å². The summed E-state index contributed by atoms with van der Waals surface area (Å²) >= 11 is 0. The molecule has 1 amide bonds. The van der Waals surface area contributed by atoms with Gasteiger partial charge in [0.15, 0.2) is 0 Å². The molecule has 0 unspecified atom stereocenters. The number of hydrogen-bond donors (Lipinski definition) is 1. The van der Waals surface area contributed by atoms with Gasteiger partial charge >= 0.3 is 0 Å². The minimum absolute atomic E-state index is 0. The number of halogens is 1. The quantitative estimate of drug-likeness (QED) is 0.902. The Balaban J connectivity index is 0.00000220. The third-order valence-electron chi connectivity index (χ3n) is 3.79. The normalized spacial score (nSPS) is 21.4. The van der Waals surface area contributed by atoms with Crippen molar-refractivity contribution in [2.45, 2.75) is 32.4 Å². The van der Waals surface area contributed by atoms with E-state index in [-0.39, 0.29) is 30.5 Å². The minimum atomic E-state index is -0.209. The van der Waals surface area contributed by atoms with Crippen molar-refractivity contribution < 1.29 is 9.53 Å². The summed E-state index contributed by atoms with van der Waals surface area (Å²) in [5.41, 5.74) is 1.26. The molecule has 0 aromatic heterocycles. The third kappa shape index (κ3) is 4.99. The highest BCUT2D eigenvalue weighted by atomic mass is 35.5. The molecule has 1 aliphatic rings. The van der Waals surface area contributed by atoms with Crippen LogP contribution >= 0.6 is 12.4 Å². The van der Waals surface area contributed by atoms with Crippen LogP contribution in [0, 0.1) is 0 Å². The van der Waals surface area contributed by atoms with Gasteiger partial charge in [-0.1, -0.05) is 30.3 Å². The standard InChI is InChI=1S/C16H24N2O2.ClH/c1-3-18(11-9-14-7-5-4-6-8-14)16(19)15-13(2)20-12-10-17-15;/h4-8,13,15,17H,3,9-12H2,1-2H3;1H/t13-,15+;/m1./s1. The van der Waals surface area contributed by atoms with E-state index < -0.39 is 0 Å². The lowest BCUT2D eigenvalue weighted by Crippen LogP contribution is -2.56. The van der Waals surface area contributed by atoms with Crippen LogP contribution in [0.1, 0.15) is 19.4 Å². The molecule has 1 fully saturated rings. The summed E-state index contributed by atoms with van der Waals surface area (Å²) in [5.74, 6) is 0.149. The maximum absolute atomic E-state index is 12.5. The van der Waals surface area contributed by atoms with E-state index in [9.17, 15) is 4.79 Å². The summed E-state index contributed by atoms with van der Waals surface area (Å²) in [7, 11) is 0. The predicted molar refractivity (Wildman–Crippen MR) is 86.9 cm³/mol. The SMILES string of the molecule is CCN(CCc1ccccc1)C(=O)[C@H]1NCCO[C@@H]1C.Cl. The van der Waals surface area contributed by atoms with Crippen molar-refractivity contribution in [2.24, 2.45) is 0 Å². The molecule has 2 rings (SSSR count). The lowest BCUT2D eigenvalue weighted by molar-refractivity contribution is -0.139. The maximum Gasteiger partial charge on any atom is 0.242 e. The molecule has 5 heteroatoms. The van der Waals surface area contributed by atoms with Crippen molar-refractivity contribution in [3.63, 3.8) is 0 Å². The molecule has 0 spiro atoms. The molecule has 0 saturated carbocycles. The van der Waals surface area contributed by atoms with Crippen molar-refractivity contribution in [1.29, 1.82) is 0 Å². The predicted octanol–water partition coefficient (Wildman–Crippen LogP) is 1.88. The number of nitrogens with one attached hydrogen (secondary N) is 1. The van der Waals surface area contributed by atoms with Gasteiger partial charge in [0.05, 0.1) is 12.7 Å². The number of morpholine rings is 1. The van der Waals surface area contributed by atoms with Crippen molar-refractivity contribution in [2.75, 3.05) is 26.2 Å². The van der Waals surface area contributed by atoms with Gasteiger partial charge in [0.25, 0.3) is 0 Å². The molecule has 4 nitrogen and oxygen atoms in total. The van der Waals surface area contributed by atoms with E-state index in [2.05, 4.69) is 17.4 Å². The van der Waals surface area contributed by atoms with E-state index in [1.54, 1.807) is 0 Å². The molecule has 0 aliphatic carbocycles. The Kier molecular flexibility index (Phi) is 7.72. The largest absolute Gasteiger partial charge is 0.375 e. The Hall–Kier alpha value is -1.10. The van der Waals surface area contributed by atoms with Crippen LogP contribution in [0.3, 0.4) is 0 Å². The van der Waals surface area contributed by atoms with Gasteiger partial charge in [-0.05, 0) is 25.8 Å². The molecule has 1 aromatic carbocycles. The zero-order chi connectivity index (χ0) is 14.4. The number of likely N-dealkylation sites (N-methyl/N-ethyl adjacent to an activating group) is 1. The Morgan fingerprint density at radius 1 is 1.38 bits per heavy atom. The molecule has 2 atom stereocenters. The molecular formula is C16H25ClN2O2. The molecule has 118 valence electrons. The van der Waals surface area contributed by atoms with Gasteiger partial charge in [-0.2, -0.15) is 0 Å². The maximum atomic E-state index is 12.5. The summed E-state index contributed by atoms with van der Waals surface area (Å²) in [6.07, 6.45) is 0.838. The van der Waals surface area contributed by atoms with Gasteiger partial charge in [0.1, 0.15) is 6.04 Å². The molecule has 1 aliphatic heterocycles. The van der Waals surface area contributed by atoms with Gasteiger partial charge in [-0.25, -0.2) is 0 Å². The number of nitrogens with zero attached hydrogens (tertiary/aromatic N) is 1. The monoisotopic (exact) mass is 312 g/mol. The van der Waals surface area contributed by atoms with E-state index in [1.807, 2.05) is 36.9 Å². The van der Waals surface area contributed by atoms with E-state index in [4.69, 9.17) is 4.74 Å². The Labute approximate surface area is 133 Å². The van der Waals surface area contributed by atoms with Gasteiger partial charge in [-0.3, -0.25) is 4.79 Å². The summed E-state index contributed by atoms with van der Waals surface area (Å²) in [5, 5.41) is 3.27. The molecule has 0 radical (unpaired) electrons. The highest BCUT2D eigenvalue weighted by Gasteiger charge is 2.31. The second-order valence-corrected chi connectivity index (χ2v) is 5.16. The van der Waals surface area contributed by atoms with Gasteiger partial charge in [0.2, 0.25) is 5.91 Å². The Morgan fingerprint density at radius 3 is 2.71 bits per heavy atom. The molecule has 1 saturated heterocycles. The van der Waals surface area contributed by atoms with Crippen molar-refractivity contribution >= 4 is 18.3 Å². The number of benzene rings is 1. The van der Waals surface area contributed by atoms with Crippen LogP contribution in [0.4, 0.5) is 0 Å². The van der Waals surface area contributed by atoms with Gasteiger partial charge in [-0.15, -0.1) is 12.4 Å². The highest BCUT2D eigenvalue weighted by Crippen LogP contribution is 2.09. The zero-order valence-corrected chi connectivity index (χ0v) is 13.6.